The summed E-state index contributed by atoms with van der Waals surface area (Å²) in [6.07, 6.45) is 1.67. The Balaban J connectivity index is 2.07. The third kappa shape index (κ3) is 4.36. The molecular formula is C18H26BrN3O2. The van der Waals surface area contributed by atoms with E-state index in [4.69, 9.17) is 5.73 Å². The van der Waals surface area contributed by atoms with Crippen LogP contribution in [0.4, 0.5) is 0 Å². The van der Waals surface area contributed by atoms with Crippen LogP contribution in [0.15, 0.2) is 28.7 Å². The summed E-state index contributed by atoms with van der Waals surface area (Å²) in [6.45, 7) is 5.98. The molecule has 1 fully saturated rings. The summed E-state index contributed by atoms with van der Waals surface area (Å²) in [5.74, 6) is -0.0736. The quantitative estimate of drug-likeness (QED) is 0.800. The van der Waals surface area contributed by atoms with E-state index in [2.05, 4.69) is 21.2 Å². The lowest BCUT2D eigenvalue weighted by atomic mass is 9.82. The van der Waals surface area contributed by atoms with Crippen molar-refractivity contribution in [2.24, 2.45) is 11.7 Å². The van der Waals surface area contributed by atoms with E-state index in [1.165, 1.54) is 0 Å². The number of halogens is 1. The van der Waals surface area contributed by atoms with Crippen molar-refractivity contribution < 1.29 is 9.59 Å². The smallest absolute Gasteiger partial charge is 0.232 e. The van der Waals surface area contributed by atoms with Crippen molar-refractivity contribution in [1.82, 2.24) is 10.2 Å². The van der Waals surface area contributed by atoms with E-state index in [0.717, 1.165) is 22.9 Å². The van der Waals surface area contributed by atoms with Crippen LogP contribution < -0.4 is 11.1 Å². The Kier molecular flexibility index (Phi) is 6.40. The highest BCUT2D eigenvalue weighted by Gasteiger charge is 2.37. The standard InChI is InChI=1S/C18H26BrN3O2/c1-18(2,14-5-7-15(19)8-6-14)17(24)22-11-3-4-13(12-22)16(23)21-10-9-20/h5-8,13H,3-4,9-12,20H2,1-2H3,(H,21,23). The average molecular weight is 396 g/mol. The molecule has 3 N–H and O–H groups in total. The minimum atomic E-state index is -0.615. The lowest BCUT2D eigenvalue weighted by Crippen LogP contribution is -2.50. The topological polar surface area (TPSA) is 75.4 Å². The molecule has 24 heavy (non-hydrogen) atoms. The normalized spacial score (nSPS) is 18.3. The van der Waals surface area contributed by atoms with Crippen LogP contribution >= 0.6 is 15.9 Å². The Morgan fingerprint density at radius 3 is 2.62 bits per heavy atom. The molecule has 1 aliphatic heterocycles. The lowest BCUT2D eigenvalue weighted by Gasteiger charge is -2.37. The Morgan fingerprint density at radius 1 is 1.33 bits per heavy atom. The summed E-state index contributed by atoms with van der Waals surface area (Å²) in [5, 5.41) is 2.83. The van der Waals surface area contributed by atoms with Gasteiger partial charge in [-0.3, -0.25) is 9.59 Å². The molecule has 5 nitrogen and oxygen atoms in total. The third-order valence-electron chi connectivity index (χ3n) is 4.62. The second kappa shape index (κ2) is 8.12. The second-order valence-corrected chi connectivity index (χ2v) is 7.72. The van der Waals surface area contributed by atoms with Gasteiger partial charge in [0, 0.05) is 30.7 Å². The van der Waals surface area contributed by atoms with Gasteiger partial charge in [-0.05, 0) is 44.4 Å². The lowest BCUT2D eigenvalue weighted by molar-refractivity contribution is -0.140. The van der Waals surface area contributed by atoms with Gasteiger partial charge in [-0.2, -0.15) is 0 Å². The molecule has 1 aromatic carbocycles. The van der Waals surface area contributed by atoms with Gasteiger partial charge in [-0.15, -0.1) is 0 Å². The number of nitrogens with two attached hydrogens (primary N) is 1. The number of nitrogens with one attached hydrogen (secondary N) is 1. The van der Waals surface area contributed by atoms with Gasteiger partial charge in [0.15, 0.2) is 0 Å². The number of rotatable bonds is 5. The fourth-order valence-corrected chi connectivity index (χ4v) is 3.36. The second-order valence-electron chi connectivity index (χ2n) is 6.80. The van der Waals surface area contributed by atoms with E-state index in [-0.39, 0.29) is 17.7 Å². The predicted octanol–water partition coefficient (Wildman–Crippen LogP) is 2.04. The number of amides is 2. The van der Waals surface area contributed by atoms with E-state index in [1.54, 1.807) is 0 Å². The summed E-state index contributed by atoms with van der Waals surface area (Å²) in [7, 11) is 0. The van der Waals surface area contributed by atoms with Gasteiger partial charge >= 0.3 is 0 Å². The van der Waals surface area contributed by atoms with Gasteiger partial charge < -0.3 is 16.0 Å². The van der Waals surface area contributed by atoms with Crippen LogP contribution in [0.5, 0.6) is 0 Å². The monoisotopic (exact) mass is 395 g/mol. The number of nitrogens with zero attached hydrogens (tertiary/aromatic N) is 1. The molecule has 132 valence electrons. The number of hydrogen-bond acceptors (Lipinski definition) is 3. The first-order chi connectivity index (χ1) is 11.4. The molecule has 0 bridgehead atoms. The largest absolute Gasteiger partial charge is 0.355 e. The van der Waals surface area contributed by atoms with Gasteiger partial charge in [0.2, 0.25) is 11.8 Å². The highest BCUT2D eigenvalue weighted by molar-refractivity contribution is 9.10. The first-order valence-corrected chi connectivity index (χ1v) is 9.18. The molecule has 2 rings (SSSR count). The maximum absolute atomic E-state index is 13.0. The van der Waals surface area contributed by atoms with Crippen molar-refractivity contribution in [3.8, 4) is 0 Å². The van der Waals surface area contributed by atoms with Crippen LogP contribution in [0, 0.1) is 5.92 Å². The zero-order chi connectivity index (χ0) is 17.7. The van der Waals surface area contributed by atoms with Gasteiger partial charge in [-0.1, -0.05) is 28.1 Å². The van der Waals surface area contributed by atoms with Gasteiger partial charge in [0.1, 0.15) is 0 Å². The molecular weight excluding hydrogens is 370 g/mol. The van der Waals surface area contributed by atoms with Crippen molar-refractivity contribution in [3.05, 3.63) is 34.3 Å². The Morgan fingerprint density at radius 2 is 2.00 bits per heavy atom. The minimum Gasteiger partial charge on any atom is -0.355 e. The Labute approximate surface area is 152 Å². The average Bonchev–Trinajstić information content (AvgIpc) is 2.59. The highest BCUT2D eigenvalue weighted by atomic mass is 79.9. The number of piperidine rings is 1. The van der Waals surface area contributed by atoms with Crippen LogP contribution in [-0.2, 0) is 15.0 Å². The number of likely N-dealkylation sites (tertiary alicyclic amines) is 1. The molecule has 0 saturated carbocycles. The Bertz CT molecular complexity index is 586. The van der Waals surface area contributed by atoms with Crippen LogP contribution in [0.25, 0.3) is 0 Å². The molecule has 0 spiro atoms. The maximum Gasteiger partial charge on any atom is 0.232 e. The van der Waals surface area contributed by atoms with Crippen molar-refractivity contribution in [2.75, 3.05) is 26.2 Å². The number of hydrogen-bond donors (Lipinski definition) is 2. The summed E-state index contributed by atoms with van der Waals surface area (Å²) in [6, 6.07) is 7.84. The van der Waals surface area contributed by atoms with E-state index in [1.807, 2.05) is 43.0 Å². The molecule has 1 aliphatic rings. The van der Waals surface area contributed by atoms with E-state index < -0.39 is 5.41 Å². The number of benzene rings is 1. The Hall–Kier alpha value is -1.40. The van der Waals surface area contributed by atoms with Crippen LogP contribution in [0.1, 0.15) is 32.3 Å². The van der Waals surface area contributed by atoms with Gasteiger partial charge in [-0.25, -0.2) is 0 Å². The third-order valence-corrected chi connectivity index (χ3v) is 5.15. The number of carbonyl (C=O) groups excluding carboxylic acids is 2. The summed E-state index contributed by atoms with van der Waals surface area (Å²) < 4.78 is 0.990. The fourth-order valence-electron chi connectivity index (χ4n) is 3.10. The fraction of sp³-hybridized carbons (Fsp3) is 0.556. The molecule has 1 saturated heterocycles. The molecule has 1 aromatic rings. The van der Waals surface area contributed by atoms with Crippen LogP contribution in [0.2, 0.25) is 0 Å². The molecule has 1 heterocycles. The molecule has 2 amide bonds. The van der Waals surface area contributed by atoms with E-state index in [9.17, 15) is 9.59 Å². The van der Waals surface area contributed by atoms with Crippen molar-refractivity contribution in [2.45, 2.75) is 32.1 Å². The summed E-state index contributed by atoms with van der Waals surface area (Å²) >= 11 is 3.42. The predicted molar refractivity (Wildman–Crippen MR) is 98.5 cm³/mol. The first-order valence-electron chi connectivity index (χ1n) is 8.39. The zero-order valence-electron chi connectivity index (χ0n) is 14.3. The molecule has 0 radical (unpaired) electrons. The zero-order valence-corrected chi connectivity index (χ0v) is 15.9. The number of carbonyl (C=O) groups is 2. The molecule has 0 aliphatic carbocycles. The van der Waals surface area contributed by atoms with Crippen LogP contribution in [-0.4, -0.2) is 42.9 Å². The maximum atomic E-state index is 13.0. The molecule has 1 atom stereocenters. The minimum absolute atomic E-state index is 0.000558. The molecule has 0 aromatic heterocycles. The summed E-state index contributed by atoms with van der Waals surface area (Å²) in [5.41, 5.74) is 5.79. The highest BCUT2D eigenvalue weighted by Crippen LogP contribution is 2.29. The van der Waals surface area contributed by atoms with Gasteiger partial charge in [0.05, 0.1) is 11.3 Å². The van der Waals surface area contributed by atoms with Crippen molar-refractivity contribution in [1.29, 1.82) is 0 Å². The summed E-state index contributed by atoms with van der Waals surface area (Å²) in [4.78, 5) is 27.1. The van der Waals surface area contributed by atoms with E-state index >= 15 is 0 Å². The van der Waals surface area contributed by atoms with Crippen LogP contribution in [0.3, 0.4) is 0 Å². The van der Waals surface area contributed by atoms with Crippen molar-refractivity contribution >= 4 is 27.7 Å². The van der Waals surface area contributed by atoms with E-state index in [0.29, 0.717) is 26.2 Å². The molecule has 6 heteroatoms. The first kappa shape index (κ1) is 18.9. The SMILES string of the molecule is CC(C)(C(=O)N1CCCC(C(=O)NCCN)C1)c1ccc(Br)cc1. The molecule has 1 unspecified atom stereocenters. The van der Waals surface area contributed by atoms with Crippen molar-refractivity contribution in [3.63, 3.8) is 0 Å². The van der Waals surface area contributed by atoms with Gasteiger partial charge in [0.25, 0.3) is 0 Å².